The van der Waals surface area contributed by atoms with Gasteiger partial charge in [0.05, 0.1) is 17.6 Å². The number of nitrogens with zero attached hydrogens (tertiary/aromatic N) is 4. The fraction of sp³-hybridized carbons (Fsp3) is 0.353. The molecule has 0 aliphatic rings. The quantitative estimate of drug-likeness (QED) is 0.882. The number of aryl methyl sites for hydroxylation is 1. The molecule has 3 amide bonds. The summed E-state index contributed by atoms with van der Waals surface area (Å²) in [5, 5.41) is 2.81. The molecule has 0 saturated heterocycles. The molecule has 24 heavy (non-hydrogen) atoms. The molecule has 1 heterocycles. The highest BCUT2D eigenvalue weighted by atomic mass is 16.2. The van der Waals surface area contributed by atoms with Crippen molar-refractivity contribution in [1.82, 2.24) is 19.4 Å². The molecular formula is C17H23N5O2. The number of urea groups is 1. The van der Waals surface area contributed by atoms with E-state index in [1.165, 1.54) is 4.90 Å². The van der Waals surface area contributed by atoms with E-state index in [-0.39, 0.29) is 11.9 Å². The van der Waals surface area contributed by atoms with Gasteiger partial charge in [0.15, 0.2) is 0 Å². The maximum atomic E-state index is 12.3. The minimum Gasteiger partial charge on any atom is -0.345 e. The first-order valence-corrected chi connectivity index (χ1v) is 7.77. The van der Waals surface area contributed by atoms with Gasteiger partial charge in [-0.25, -0.2) is 9.78 Å². The van der Waals surface area contributed by atoms with Gasteiger partial charge in [0.25, 0.3) is 5.91 Å². The van der Waals surface area contributed by atoms with Gasteiger partial charge in [0, 0.05) is 46.6 Å². The highest BCUT2D eigenvalue weighted by Crippen LogP contribution is 2.17. The first-order valence-electron chi connectivity index (χ1n) is 7.77. The predicted octanol–water partition coefficient (Wildman–Crippen LogP) is 2.14. The Morgan fingerprint density at radius 1 is 1.21 bits per heavy atom. The lowest BCUT2D eigenvalue weighted by molar-refractivity contribution is 0.0828. The highest BCUT2D eigenvalue weighted by Gasteiger charge is 2.16. The Balaban J connectivity index is 1.92. The summed E-state index contributed by atoms with van der Waals surface area (Å²) < 4.78 is 1.97. The van der Waals surface area contributed by atoms with Gasteiger partial charge in [0.2, 0.25) is 0 Å². The average molecular weight is 329 g/mol. The summed E-state index contributed by atoms with van der Waals surface area (Å²) in [5.74, 6) is -0.145. The maximum Gasteiger partial charge on any atom is 0.321 e. The van der Waals surface area contributed by atoms with E-state index in [2.05, 4.69) is 10.3 Å². The molecule has 2 aromatic rings. The second kappa shape index (κ2) is 8.14. The molecule has 0 aliphatic heterocycles. The van der Waals surface area contributed by atoms with Crippen LogP contribution in [0.5, 0.6) is 0 Å². The Hall–Kier alpha value is -2.83. The molecule has 0 atom stereocenters. The standard InChI is InChI=1S/C17H23N5O2/c1-20(2)16(23)14-7-4-5-8-15(14)19-17(24)21(3)10-6-11-22-12-9-18-13-22/h4-5,7-9,12-13H,6,10-11H2,1-3H3,(H,19,24). The van der Waals surface area contributed by atoms with E-state index >= 15 is 0 Å². The number of nitrogens with one attached hydrogen (secondary N) is 1. The zero-order valence-corrected chi connectivity index (χ0v) is 14.3. The number of amides is 3. The third-order valence-electron chi connectivity index (χ3n) is 3.62. The van der Waals surface area contributed by atoms with Crippen molar-refractivity contribution in [2.75, 3.05) is 33.0 Å². The summed E-state index contributed by atoms with van der Waals surface area (Å²) in [6, 6.07) is 6.77. The summed E-state index contributed by atoms with van der Waals surface area (Å²) >= 11 is 0. The normalized spacial score (nSPS) is 10.3. The molecule has 0 saturated carbocycles. The number of hydrogen-bond donors (Lipinski definition) is 1. The molecule has 7 heteroatoms. The van der Waals surface area contributed by atoms with Crippen LogP contribution in [0.4, 0.5) is 10.5 Å². The summed E-state index contributed by atoms with van der Waals surface area (Å²) in [6.07, 6.45) is 6.19. The van der Waals surface area contributed by atoms with Gasteiger partial charge in [-0.3, -0.25) is 4.79 Å². The summed E-state index contributed by atoms with van der Waals surface area (Å²) in [5.41, 5.74) is 0.991. The summed E-state index contributed by atoms with van der Waals surface area (Å²) in [7, 11) is 5.10. The minimum absolute atomic E-state index is 0.145. The fourth-order valence-electron chi connectivity index (χ4n) is 2.24. The Kier molecular flexibility index (Phi) is 5.95. The van der Waals surface area contributed by atoms with Gasteiger partial charge in [0.1, 0.15) is 0 Å². The number of benzene rings is 1. The molecule has 0 radical (unpaired) electrons. The lowest BCUT2D eigenvalue weighted by Gasteiger charge is -2.20. The third kappa shape index (κ3) is 4.58. The number of anilines is 1. The van der Waals surface area contributed by atoms with Crippen LogP contribution in [0.3, 0.4) is 0 Å². The van der Waals surface area contributed by atoms with Gasteiger partial charge in [-0.15, -0.1) is 0 Å². The van der Waals surface area contributed by atoms with Gasteiger partial charge in [-0.2, -0.15) is 0 Å². The van der Waals surface area contributed by atoms with Crippen LogP contribution in [0.1, 0.15) is 16.8 Å². The van der Waals surface area contributed by atoms with E-state index in [0.29, 0.717) is 17.8 Å². The first-order chi connectivity index (χ1) is 11.5. The lowest BCUT2D eigenvalue weighted by Crippen LogP contribution is -2.33. The molecule has 1 N–H and O–H groups in total. The smallest absolute Gasteiger partial charge is 0.321 e. The molecule has 1 aromatic heterocycles. The van der Waals surface area contributed by atoms with E-state index in [1.54, 1.807) is 62.8 Å². The van der Waals surface area contributed by atoms with Crippen LogP contribution in [0.2, 0.25) is 0 Å². The van der Waals surface area contributed by atoms with E-state index in [1.807, 2.05) is 10.8 Å². The SMILES string of the molecule is CN(C)C(=O)c1ccccc1NC(=O)N(C)CCCn1ccnc1. The largest absolute Gasteiger partial charge is 0.345 e. The molecular weight excluding hydrogens is 306 g/mol. The first kappa shape index (κ1) is 17.5. The number of carbonyl (C=O) groups is 2. The van der Waals surface area contributed by atoms with Gasteiger partial charge in [-0.05, 0) is 18.6 Å². The van der Waals surface area contributed by atoms with Gasteiger partial charge in [-0.1, -0.05) is 12.1 Å². The third-order valence-corrected chi connectivity index (χ3v) is 3.62. The van der Waals surface area contributed by atoms with Crippen molar-refractivity contribution in [2.24, 2.45) is 0 Å². The van der Waals surface area contributed by atoms with Crippen molar-refractivity contribution in [3.05, 3.63) is 48.5 Å². The molecule has 7 nitrogen and oxygen atoms in total. The Bertz CT molecular complexity index is 682. The Labute approximate surface area is 141 Å². The van der Waals surface area contributed by atoms with E-state index in [0.717, 1.165) is 13.0 Å². The molecule has 2 rings (SSSR count). The van der Waals surface area contributed by atoms with Crippen LogP contribution in [0, 0.1) is 0 Å². The van der Waals surface area contributed by atoms with Crippen molar-refractivity contribution in [3.63, 3.8) is 0 Å². The number of imidazole rings is 1. The Morgan fingerprint density at radius 2 is 1.96 bits per heavy atom. The zero-order valence-electron chi connectivity index (χ0n) is 14.3. The molecule has 1 aromatic carbocycles. The van der Waals surface area contributed by atoms with Crippen LogP contribution >= 0.6 is 0 Å². The number of rotatable bonds is 6. The predicted molar refractivity (Wildman–Crippen MR) is 93.0 cm³/mol. The van der Waals surface area contributed by atoms with Crippen LogP contribution in [-0.4, -0.2) is 59.0 Å². The van der Waals surface area contributed by atoms with Crippen molar-refractivity contribution >= 4 is 17.6 Å². The topological polar surface area (TPSA) is 70.5 Å². The highest BCUT2D eigenvalue weighted by molar-refractivity contribution is 6.03. The van der Waals surface area contributed by atoms with Crippen molar-refractivity contribution in [2.45, 2.75) is 13.0 Å². The van der Waals surface area contributed by atoms with E-state index in [9.17, 15) is 9.59 Å². The van der Waals surface area contributed by atoms with E-state index in [4.69, 9.17) is 0 Å². The monoisotopic (exact) mass is 329 g/mol. The summed E-state index contributed by atoms with van der Waals surface area (Å²) in [6.45, 7) is 1.40. The van der Waals surface area contributed by atoms with Gasteiger partial charge >= 0.3 is 6.03 Å². The molecule has 0 bridgehead atoms. The van der Waals surface area contributed by atoms with Crippen LogP contribution in [0.25, 0.3) is 0 Å². The second-order valence-electron chi connectivity index (χ2n) is 5.75. The zero-order chi connectivity index (χ0) is 17.5. The molecule has 0 spiro atoms. The van der Waals surface area contributed by atoms with Crippen molar-refractivity contribution < 1.29 is 9.59 Å². The average Bonchev–Trinajstić information content (AvgIpc) is 3.07. The number of hydrogen-bond acceptors (Lipinski definition) is 3. The Morgan fingerprint density at radius 3 is 2.62 bits per heavy atom. The molecule has 0 aliphatic carbocycles. The number of aromatic nitrogens is 2. The van der Waals surface area contributed by atoms with Gasteiger partial charge < -0.3 is 19.7 Å². The maximum absolute atomic E-state index is 12.3. The number of carbonyl (C=O) groups excluding carboxylic acids is 2. The fourth-order valence-corrected chi connectivity index (χ4v) is 2.24. The van der Waals surface area contributed by atoms with Crippen LogP contribution in [-0.2, 0) is 6.54 Å². The van der Waals surface area contributed by atoms with Crippen LogP contribution in [0.15, 0.2) is 43.0 Å². The van der Waals surface area contributed by atoms with Crippen molar-refractivity contribution in [3.8, 4) is 0 Å². The summed E-state index contributed by atoms with van der Waals surface area (Å²) in [4.78, 5) is 31.6. The minimum atomic E-state index is -0.236. The molecule has 0 unspecified atom stereocenters. The number of para-hydroxylation sites is 1. The van der Waals surface area contributed by atoms with Crippen LogP contribution < -0.4 is 5.32 Å². The van der Waals surface area contributed by atoms with E-state index < -0.39 is 0 Å². The second-order valence-corrected chi connectivity index (χ2v) is 5.75. The van der Waals surface area contributed by atoms with Crippen molar-refractivity contribution in [1.29, 1.82) is 0 Å². The lowest BCUT2D eigenvalue weighted by atomic mass is 10.1. The molecule has 0 fully saturated rings. The molecule has 128 valence electrons.